The van der Waals surface area contributed by atoms with Crippen LogP contribution in [0.1, 0.15) is 434 Å². The number of rotatable bonds is 57. The standard InChI is InChI=1S/C130H163NO2/c1-9-17-25-33-41-57-84-127(85-58-42-34-26-18-10-2)110-82-83-117-119(105-71-52-55-76-115(105)132-117)118(110)108-95-113-107(94-114(108)127)102-80-78-98(92-111(102)128(113,86-59-43-35-27-19-11-3)87-60-44-36-28-20-12-4)131(125-100(96-66-47-45-48-67-96)73-65-74-101(125)97-68-49-46-50-69-97)99-79-81-104-112(93-99)130(90-63-39-31-23-15-7,91-64-40-32-24-16-8)124-122(104)126-121(106-72-53-56-77-116(106)133-126)120-103-70-51-54-75-109(103)129(123(120)124,88-61-37-29-21-13-5)89-62-38-30-22-14-6/h45-56,65-83,92-95H,9-44,57-64,84-91H2,1-8H3. The maximum absolute atomic E-state index is 7.90. The minimum absolute atomic E-state index is 0.144. The molecule has 0 saturated heterocycles. The van der Waals surface area contributed by atoms with Crippen LogP contribution in [0.15, 0.2) is 221 Å². The van der Waals surface area contributed by atoms with Crippen LogP contribution in [-0.2, 0) is 21.7 Å². The van der Waals surface area contributed by atoms with E-state index in [0.29, 0.717) is 0 Å². The van der Waals surface area contributed by atoms with Gasteiger partial charge in [0.25, 0.3) is 0 Å². The van der Waals surface area contributed by atoms with Crippen molar-refractivity contribution in [2.75, 3.05) is 4.90 Å². The molecule has 0 fully saturated rings. The van der Waals surface area contributed by atoms with Gasteiger partial charge >= 0.3 is 0 Å². The Morgan fingerprint density at radius 2 is 0.549 bits per heavy atom. The van der Waals surface area contributed by atoms with Gasteiger partial charge in [0.2, 0.25) is 0 Å². The van der Waals surface area contributed by atoms with Gasteiger partial charge in [0.15, 0.2) is 0 Å². The molecule has 3 heteroatoms. The van der Waals surface area contributed by atoms with Crippen LogP contribution in [0.4, 0.5) is 17.1 Å². The van der Waals surface area contributed by atoms with Gasteiger partial charge in [-0.3, -0.25) is 0 Å². The molecule has 0 atom stereocenters. The quantitative estimate of drug-likeness (QED) is 0.0356. The highest BCUT2D eigenvalue weighted by molar-refractivity contribution is 6.21. The molecule has 2 aromatic heterocycles. The first-order valence-electron chi connectivity index (χ1n) is 55.3. The van der Waals surface area contributed by atoms with Crippen molar-refractivity contribution in [1.82, 2.24) is 0 Å². The predicted molar refractivity (Wildman–Crippen MR) is 577 cm³/mol. The lowest BCUT2D eigenvalue weighted by molar-refractivity contribution is 0.369. The second kappa shape index (κ2) is 45.6. The zero-order valence-corrected chi connectivity index (χ0v) is 83.7. The molecule has 0 aliphatic heterocycles. The van der Waals surface area contributed by atoms with Gasteiger partial charge in [-0.05, 0) is 201 Å². The average Bonchev–Trinajstić information content (AvgIpc) is 1.49. The lowest BCUT2D eigenvalue weighted by Gasteiger charge is -2.40. The highest BCUT2D eigenvalue weighted by atomic mass is 16.3. The van der Waals surface area contributed by atoms with Crippen molar-refractivity contribution in [3.05, 3.63) is 257 Å². The van der Waals surface area contributed by atoms with Crippen molar-refractivity contribution in [3.8, 4) is 66.8 Å². The Morgan fingerprint density at radius 3 is 1.02 bits per heavy atom. The normalized spacial score (nSPS) is 14.3. The molecule has 0 bridgehead atoms. The highest BCUT2D eigenvalue weighted by Crippen LogP contribution is 2.70. The summed E-state index contributed by atoms with van der Waals surface area (Å²) in [5.74, 6) is 0. The molecular weight excluding hydrogens is 1610 g/mol. The second-order valence-electron chi connectivity index (χ2n) is 42.0. The van der Waals surface area contributed by atoms with Crippen LogP contribution in [0.25, 0.3) is 111 Å². The van der Waals surface area contributed by atoms with Crippen LogP contribution in [0.5, 0.6) is 0 Å². The minimum atomic E-state index is -0.337. The lowest BCUT2D eigenvalue weighted by Crippen LogP contribution is -2.33. The first-order chi connectivity index (χ1) is 65.7. The molecule has 17 rings (SSSR count). The summed E-state index contributed by atoms with van der Waals surface area (Å²) in [6.07, 6.45) is 64.9. The Morgan fingerprint density at radius 1 is 0.211 bits per heavy atom. The number of para-hydroxylation sites is 3. The van der Waals surface area contributed by atoms with Gasteiger partial charge in [-0.1, -0.05) is 496 Å². The number of furan rings is 2. The number of unbranched alkanes of at least 4 members (excludes halogenated alkanes) is 36. The number of hydrogen-bond acceptors (Lipinski definition) is 3. The summed E-state index contributed by atoms with van der Waals surface area (Å²) < 4.78 is 15.0. The molecule has 0 unspecified atom stereocenters. The van der Waals surface area contributed by atoms with Crippen molar-refractivity contribution < 1.29 is 8.83 Å². The van der Waals surface area contributed by atoms with E-state index >= 15 is 0 Å². The van der Waals surface area contributed by atoms with Crippen molar-refractivity contribution in [2.45, 2.75) is 411 Å². The van der Waals surface area contributed by atoms with E-state index < -0.39 is 0 Å². The third kappa shape index (κ3) is 19.3. The van der Waals surface area contributed by atoms with E-state index in [1.54, 1.807) is 38.9 Å². The van der Waals surface area contributed by atoms with Gasteiger partial charge in [0.05, 0.1) is 5.69 Å². The molecule has 0 spiro atoms. The molecule has 4 aliphatic rings. The van der Waals surface area contributed by atoms with Crippen molar-refractivity contribution in [2.24, 2.45) is 0 Å². The molecule has 0 N–H and O–H groups in total. The van der Waals surface area contributed by atoms with Gasteiger partial charge in [-0.15, -0.1) is 0 Å². The molecule has 133 heavy (non-hydrogen) atoms. The smallest absolute Gasteiger partial charge is 0.144 e. The molecule has 4 aliphatic carbocycles. The van der Waals surface area contributed by atoms with Gasteiger partial charge in [0.1, 0.15) is 22.3 Å². The Hall–Kier alpha value is -9.18. The van der Waals surface area contributed by atoms with Crippen molar-refractivity contribution >= 4 is 60.9 Å². The first-order valence-corrected chi connectivity index (χ1v) is 55.3. The Labute approximate surface area is 803 Å². The van der Waals surface area contributed by atoms with Crippen LogP contribution < -0.4 is 4.90 Å². The third-order valence-corrected chi connectivity index (χ3v) is 33.2. The molecule has 2 heterocycles. The SMILES string of the molecule is CCCCCCCCC1(CCCCCCCC)c2cc(N(c3ccc4c(c3)C(CCCCCCC)(CCCCCCC)c3c5c(c6c(oc7ccccc76)c3-4)-c3ccccc3C5(CCCCCCC)CCCCCCC)c3c(-c4ccccc4)cccc3-c3ccccc3)ccc2-c2cc3c(cc21)-c1c(ccc2oc4ccccc4c12)C3(CCCCCCCC)CCCCCCCC. The zero-order valence-electron chi connectivity index (χ0n) is 83.7. The number of hydrogen-bond donors (Lipinski definition) is 0. The van der Waals surface area contributed by atoms with E-state index in [0.717, 1.165) is 48.0 Å². The van der Waals surface area contributed by atoms with Crippen LogP contribution in [0.2, 0.25) is 0 Å². The van der Waals surface area contributed by atoms with Gasteiger partial charge < -0.3 is 13.7 Å². The Balaban J connectivity index is 0.959. The second-order valence-corrected chi connectivity index (χ2v) is 42.0. The minimum Gasteiger partial charge on any atom is -0.456 e. The van der Waals surface area contributed by atoms with Crippen molar-refractivity contribution in [3.63, 3.8) is 0 Å². The molecule has 700 valence electrons. The molecular formula is C130H163NO2. The summed E-state index contributed by atoms with van der Waals surface area (Å²) in [4.78, 5) is 2.88. The fourth-order valence-electron chi connectivity index (χ4n) is 26.5. The number of anilines is 3. The van der Waals surface area contributed by atoms with E-state index in [9.17, 15) is 0 Å². The summed E-state index contributed by atoms with van der Waals surface area (Å²) in [6.45, 7) is 19.1. The van der Waals surface area contributed by atoms with Crippen LogP contribution in [-0.4, -0.2) is 0 Å². The molecule has 3 nitrogen and oxygen atoms in total. The van der Waals surface area contributed by atoms with Gasteiger partial charge in [0, 0.05) is 71.3 Å². The van der Waals surface area contributed by atoms with Crippen LogP contribution in [0.3, 0.4) is 0 Å². The summed E-state index contributed by atoms with van der Waals surface area (Å²) in [5.41, 5.74) is 36.5. The summed E-state index contributed by atoms with van der Waals surface area (Å²) in [7, 11) is 0. The van der Waals surface area contributed by atoms with E-state index in [-0.39, 0.29) is 21.7 Å². The number of benzene rings is 11. The number of fused-ring (bicyclic) bond motifs is 22. The predicted octanol–water partition coefficient (Wildman–Crippen LogP) is 41.8. The summed E-state index contributed by atoms with van der Waals surface area (Å²) >= 11 is 0. The molecule has 11 aromatic carbocycles. The Bertz CT molecular complexity index is 5840. The summed E-state index contributed by atoms with van der Waals surface area (Å²) in [5, 5.41) is 5.21. The van der Waals surface area contributed by atoms with E-state index in [4.69, 9.17) is 8.83 Å². The molecule has 0 radical (unpaired) electrons. The van der Waals surface area contributed by atoms with E-state index in [1.807, 2.05) is 0 Å². The maximum atomic E-state index is 7.90. The fraction of sp³-hybridized carbons (Fsp3) is 0.492. The number of nitrogens with zero attached hydrogens (tertiary/aromatic N) is 1. The molecule has 0 saturated carbocycles. The molecule has 13 aromatic rings. The van der Waals surface area contributed by atoms with Gasteiger partial charge in [-0.2, -0.15) is 0 Å². The zero-order chi connectivity index (χ0) is 91.4. The Kier molecular flexibility index (Phi) is 32.8. The third-order valence-electron chi connectivity index (χ3n) is 33.2. The van der Waals surface area contributed by atoms with Gasteiger partial charge in [-0.25, -0.2) is 0 Å². The maximum Gasteiger partial charge on any atom is 0.144 e. The lowest BCUT2D eigenvalue weighted by atomic mass is 9.62. The van der Waals surface area contributed by atoms with Crippen LogP contribution >= 0.6 is 0 Å². The summed E-state index contributed by atoms with van der Waals surface area (Å²) in [6, 6.07) is 86.1. The van der Waals surface area contributed by atoms with Crippen molar-refractivity contribution in [1.29, 1.82) is 0 Å². The highest BCUT2D eigenvalue weighted by Gasteiger charge is 2.55. The first kappa shape index (κ1) is 95.5. The van der Waals surface area contributed by atoms with E-state index in [2.05, 4.69) is 273 Å². The fourth-order valence-corrected chi connectivity index (χ4v) is 26.5. The monoisotopic (exact) mass is 1770 g/mol. The van der Waals surface area contributed by atoms with Crippen LogP contribution in [0, 0.1) is 0 Å². The average molecular weight is 1770 g/mol. The van der Waals surface area contributed by atoms with E-state index in [1.165, 1.54) is 419 Å². The largest absolute Gasteiger partial charge is 0.456 e. The molecule has 0 amide bonds. The topological polar surface area (TPSA) is 29.5 Å².